The number of benzene rings is 2. The normalized spacial score (nSPS) is 15.9. The Kier molecular flexibility index (Phi) is 7.01. The summed E-state index contributed by atoms with van der Waals surface area (Å²) < 4.78 is 5.63. The predicted octanol–water partition coefficient (Wildman–Crippen LogP) is 4.18. The summed E-state index contributed by atoms with van der Waals surface area (Å²) >= 11 is 0. The zero-order valence-electron chi connectivity index (χ0n) is 19.5. The maximum Gasteiger partial charge on any atom is 0.407 e. The number of nitrogens with one attached hydrogen (secondary N) is 1. The fourth-order valence-electron chi connectivity index (χ4n) is 4.76. The van der Waals surface area contributed by atoms with Crippen LogP contribution in [0.25, 0.3) is 11.1 Å². The third kappa shape index (κ3) is 4.98. The number of ether oxygens (including phenoxy) is 1. The molecule has 0 radical (unpaired) electrons. The first-order valence-electron chi connectivity index (χ1n) is 11.7. The quantitative estimate of drug-likeness (QED) is 0.644. The van der Waals surface area contributed by atoms with Crippen LogP contribution < -0.4 is 5.32 Å². The number of carbonyl (C=O) groups is 3. The van der Waals surface area contributed by atoms with Gasteiger partial charge in [0.25, 0.3) is 0 Å². The van der Waals surface area contributed by atoms with E-state index in [1.54, 1.807) is 11.0 Å². The lowest BCUT2D eigenvalue weighted by atomic mass is 9.98. The summed E-state index contributed by atoms with van der Waals surface area (Å²) in [6.07, 6.45) is 1.69. The van der Waals surface area contributed by atoms with E-state index < -0.39 is 18.1 Å². The van der Waals surface area contributed by atoms with Crippen molar-refractivity contribution in [2.24, 2.45) is 5.92 Å². The monoisotopic (exact) mass is 462 g/mol. The van der Waals surface area contributed by atoms with Crippen molar-refractivity contribution >= 4 is 18.0 Å². The topological polar surface area (TPSA) is 95.9 Å². The number of carboxylic acids is 1. The van der Waals surface area contributed by atoms with E-state index >= 15 is 0 Å². The summed E-state index contributed by atoms with van der Waals surface area (Å²) in [6, 6.07) is 15.5. The standard InChI is InChI=1S/C27H30N2O5/c1-17(2)15-24(25(30)29-13-11-18(12-14-29)26(31)32)28-27(33)34-16-23-21-9-5-3-7-19(21)20-8-4-6-10-22(20)23/h3-11,17,23-24H,12-16H2,1-2H3,(H,28,33)(H,31,32)/t24-/m1/s1. The van der Waals surface area contributed by atoms with Gasteiger partial charge in [-0.1, -0.05) is 68.5 Å². The molecule has 1 aliphatic heterocycles. The lowest BCUT2D eigenvalue weighted by Gasteiger charge is -2.30. The van der Waals surface area contributed by atoms with E-state index in [0.29, 0.717) is 25.0 Å². The number of aliphatic carboxylic acids is 1. The van der Waals surface area contributed by atoms with Gasteiger partial charge in [0, 0.05) is 24.6 Å². The van der Waals surface area contributed by atoms with Crippen molar-refractivity contribution in [3.63, 3.8) is 0 Å². The van der Waals surface area contributed by atoms with Crippen molar-refractivity contribution in [1.82, 2.24) is 10.2 Å². The second-order valence-electron chi connectivity index (χ2n) is 9.22. The Bertz CT molecular complexity index is 1080. The number of carbonyl (C=O) groups excluding carboxylic acids is 2. The maximum atomic E-state index is 13.1. The number of nitrogens with zero attached hydrogens (tertiary/aromatic N) is 1. The highest BCUT2D eigenvalue weighted by Gasteiger charge is 2.31. The molecule has 0 unspecified atom stereocenters. The van der Waals surface area contributed by atoms with E-state index in [1.165, 1.54) is 0 Å². The van der Waals surface area contributed by atoms with Crippen LogP contribution >= 0.6 is 0 Å². The summed E-state index contributed by atoms with van der Waals surface area (Å²) in [7, 11) is 0. The van der Waals surface area contributed by atoms with Gasteiger partial charge in [-0.05, 0) is 41.0 Å². The Balaban J connectivity index is 1.41. The number of alkyl carbamates (subject to hydrolysis) is 1. The molecule has 2 amide bonds. The summed E-state index contributed by atoms with van der Waals surface area (Å²) in [6.45, 7) is 4.69. The first-order chi connectivity index (χ1) is 16.3. The van der Waals surface area contributed by atoms with Gasteiger partial charge in [-0.3, -0.25) is 4.79 Å². The number of rotatable bonds is 7. The van der Waals surface area contributed by atoms with Crippen molar-refractivity contribution < 1.29 is 24.2 Å². The highest BCUT2D eigenvalue weighted by Crippen LogP contribution is 2.44. The number of fused-ring (bicyclic) bond motifs is 3. The van der Waals surface area contributed by atoms with Crippen LogP contribution in [-0.2, 0) is 14.3 Å². The average Bonchev–Trinajstić information content (AvgIpc) is 3.15. The van der Waals surface area contributed by atoms with Crippen LogP contribution in [0.3, 0.4) is 0 Å². The number of carboxylic acid groups (broad SMARTS) is 1. The highest BCUT2D eigenvalue weighted by molar-refractivity contribution is 5.89. The van der Waals surface area contributed by atoms with Crippen LogP contribution in [0.4, 0.5) is 4.79 Å². The first-order valence-corrected chi connectivity index (χ1v) is 11.7. The molecule has 178 valence electrons. The summed E-state index contributed by atoms with van der Waals surface area (Å²) in [4.78, 5) is 38.6. The molecule has 0 saturated heterocycles. The van der Waals surface area contributed by atoms with Gasteiger partial charge in [0.15, 0.2) is 0 Å². The van der Waals surface area contributed by atoms with Gasteiger partial charge in [0.2, 0.25) is 5.91 Å². The van der Waals surface area contributed by atoms with Crippen LogP contribution in [-0.4, -0.2) is 53.7 Å². The number of hydrogen-bond acceptors (Lipinski definition) is 4. The lowest BCUT2D eigenvalue weighted by Crippen LogP contribution is -2.50. The van der Waals surface area contributed by atoms with Crippen molar-refractivity contribution in [3.05, 3.63) is 71.3 Å². The molecule has 0 saturated carbocycles. The summed E-state index contributed by atoms with van der Waals surface area (Å²) in [5.41, 5.74) is 4.87. The van der Waals surface area contributed by atoms with Crippen LogP contribution in [0.2, 0.25) is 0 Å². The van der Waals surface area contributed by atoms with Gasteiger partial charge < -0.3 is 20.1 Å². The molecule has 2 N–H and O–H groups in total. The lowest BCUT2D eigenvalue weighted by molar-refractivity contribution is -0.136. The SMILES string of the molecule is CC(C)C[C@@H](NC(=O)OCC1c2ccccc2-c2ccccc21)C(=O)N1CC=C(C(=O)O)CC1. The molecule has 1 aliphatic carbocycles. The molecule has 0 fully saturated rings. The second-order valence-corrected chi connectivity index (χ2v) is 9.22. The smallest absolute Gasteiger partial charge is 0.407 e. The van der Waals surface area contributed by atoms with E-state index in [4.69, 9.17) is 9.84 Å². The Labute approximate surface area is 199 Å². The third-order valence-electron chi connectivity index (χ3n) is 6.44. The van der Waals surface area contributed by atoms with Crippen molar-refractivity contribution in [3.8, 4) is 11.1 Å². The van der Waals surface area contributed by atoms with E-state index in [-0.39, 0.29) is 30.9 Å². The van der Waals surface area contributed by atoms with E-state index in [1.807, 2.05) is 38.1 Å². The van der Waals surface area contributed by atoms with E-state index in [9.17, 15) is 14.4 Å². The highest BCUT2D eigenvalue weighted by atomic mass is 16.5. The van der Waals surface area contributed by atoms with Gasteiger partial charge in [-0.25, -0.2) is 9.59 Å². The first kappa shape index (κ1) is 23.5. The molecule has 0 spiro atoms. The molecule has 2 aromatic carbocycles. The largest absolute Gasteiger partial charge is 0.478 e. The van der Waals surface area contributed by atoms with Crippen LogP contribution in [0.5, 0.6) is 0 Å². The average molecular weight is 463 g/mol. The van der Waals surface area contributed by atoms with Crippen LogP contribution in [0, 0.1) is 5.92 Å². The third-order valence-corrected chi connectivity index (χ3v) is 6.44. The second kappa shape index (κ2) is 10.1. The van der Waals surface area contributed by atoms with Crippen molar-refractivity contribution in [2.45, 2.75) is 38.6 Å². The zero-order chi connectivity index (χ0) is 24.2. The van der Waals surface area contributed by atoms with E-state index in [0.717, 1.165) is 22.3 Å². The summed E-state index contributed by atoms with van der Waals surface area (Å²) in [5, 5.41) is 11.9. The number of amides is 2. The van der Waals surface area contributed by atoms with E-state index in [2.05, 4.69) is 29.6 Å². The van der Waals surface area contributed by atoms with Crippen LogP contribution in [0.15, 0.2) is 60.2 Å². The molecule has 7 nitrogen and oxygen atoms in total. The predicted molar refractivity (Wildman–Crippen MR) is 128 cm³/mol. The molecule has 1 heterocycles. The van der Waals surface area contributed by atoms with Gasteiger partial charge in [-0.15, -0.1) is 0 Å². The Morgan fingerprint density at radius 2 is 1.68 bits per heavy atom. The fourth-order valence-corrected chi connectivity index (χ4v) is 4.76. The Morgan fingerprint density at radius 1 is 1.06 bits per heavy atom. The fraction of sp³-hybridized carbons (Fsp3) is 0.370. The molecule has 34 heavy (non-hydrogen) atoms. The summed E-state index contributed by atoms with van der Waals surface area (Å²) in [5.74, 6) is -1.05. The minimum atomic E-state index is -0.956. The van der Waals surface area contributed by atoms with Gasteiger partial charge >= 0.3 is 12.1 Å². The molecule has 0 aromatic heterocycles. The van der Waals surface area contributed by atoms with Crippen molar-refractivity contribution in [2.75, 3.05) is 19.7 Å². The minimum absolute atomic E-state index is 0.0564. The maximum absolute atomic E-state index is 13.1. The molecule has 2 aromatic rings. The molecular formula is C27H30N2O5. The minimum Gasteiger partial charge on any atom is -0.478 e. The van der Waals surface area contributed by atoms with Crippen molar-refractivity contribution in [1.29, 1.82) is 0 Å². The van der Waals surface area contributed by atoms with Gasteiger partial charge in [0.1, 0.15) is 12.6 Å². The molecule has 4 rings (SSSR count). The number of hydrogen-bond donors (Lipinski definition) is 2. The molecule has 2 aliphatic rings. The molecule has 0 bridgehead atoms. The molecule has 7 heteroatoms. The van der Waals surface area contributed by atoms with Gasteiger partial charge in [0.05, 0.1) is 0 Å². The molecular weight excluding hydrogens is 432 g/mol. The Morgan fingerprint density at radius 3 is 2.21 bits per heavy atom. The Hall–Kier alpha value is -3.61. The van der Waals surface area contributed by atoms with Crippen LogP contribution in [0.1, 0.15) is 43.7 Å². The van der Waals surface area contributed by atoms with Gasteiger partial charge in [-0.2, -0.15) is 0 Å². The zero-order valence-corrected chi connectivity index (χ0v) is 19.5. The molecule has 1 atom stereocenters.